The predicted octanol–water partition coefficient (Wildman–Crippen LogP) is 5.10. The third kappa shape index (κ3) is 9.12. The number of hydrogen-bond acceptors (Lipinski definition) is 13. The van der Waals surface area contributed by atoms with Crippen LogP contribution in [-0.4, -0.2) is 131 Å². The average molecular weight is 851 g/mol. The van der Waals surface area contributed by atoms with E-state index in [1.165, 1.54) is 64.5 Å². The molecule has 8 fully saturated rings. The van der Waals surface area contributed by atoms with Crippen LogP contribution in [0.25, 0.3) is 0 Å². The minimum absolute atomic E-state index is 0.0236. The van der Waals surface area contributed by atoms with Gasteiger partial charge in [-0.2, -0.15) is 5.26 Å². The summed E-state index contributed by atoms with van der Waals surface area (Å²) < 4.78 is 12.1. The molecular weight excluding hydrogens is 773 g/mol. The minimum atomic E-state index is -0.187. The molecule has 0 aromatic carbocycles. The van der Waals surface area contributed by atoms with Crippen molar-refractivity contribution < 1.29 is 14.3 Å². The number of nitrogens with one attached hydrogen (secondary N) is 5. The first kappa shape index (κ1) is 43.9. The fourth-order valence-electron chi connectivity index (χ4n) is 13.5. The van der Waals surface area contributed by atoms with E-state index in [1.54, 1.807) is 12.8 Å². The van der Waals surface area contributed by atoms with Crippen LogP contribution < -0.4 is 27.0 Å². The Morgan fingerprint density at radius 2 is 1.63 bits per heavy atom. The number of thioether (sulfide) groups is 1. The highest BCUT2D eigenvalue weighted by Gasteiger charge is 2.54. The summed E-state index contributed by atoms with van der Waals surface area (Å²) >= 11 is 2.20. The second-order valence-electron chi connectivity index (χ2n) is 20.9. The molecule has 0 radical (unpaired) electrons. The zero-order chi connectivity index (χ0) is 41.5. The number of amides is 1. The number of carbonyl (C=O) groups excluding carboxylic acids is 1. The first-order valence-corrected chi connectivity index (χ1v) is 25.4. The number of nitriles is 1. The molecule has 336 valence electrons. The Hall–Kier alpha value is -1.38. The summed E-state index contributed by atoms with van der Waals surface area (Å²) in [6, 6.07) is 3.41. The smallest absolute Gasteiger partial charge is 0.238 e. The van der Waals surface area contributed by atoms with E-state index in [4.69, 9.17) is 14.5 Å². The number of piperidine rings is 2. The van der Waals surface area contributed by atoms with Gasteiger partial charge in [0.05, 0.1) is 60.2 Å². The van der Waals surface area contributed by atoms with Gasteiger partial charge >= 0.3 is 0 Å². The summed E-state index contributed by atoms with van der Waals surface area (Å²) in [7, 11) is 1.70. The summed E-state index contributed by atoms with van der Waals surface area (Å²) in [6.07, 6.45) is 20.1. The second-order valence-corrected chi connectivity index (χ2v) is 22.4. The van der Waals surface area contributed by atoms with Gasteiger partial charge in [0.25, 0.3) is 0 Å². The van der Waals surface area contributed by atoms with Crippen molar-refractivity contribution in [1.29, 1.82) is 5.26 Å². The van der Waals surface area contributed by atoms with Gasteiger partial charge in [-0.1, -0.05) is 13.8 Å². The fraction of sp³-hybridized carbons (Fsp3) is 0.935. The lowest BCUT2D eigenvalue weighted by Gasteiger charge is -2.52. The molecule has 0 bridgehead atoms. The van der Waals surface area contributed by atoms with Crippen LogP contribution in [0.3, 0.4) is 0 Å². The van der Waals surface area contributed by atoms with Crippen LogP contribution in [0.2, 0.25) is 0 Å². The average Bonchev–Trinajstić information content (AvgIpc) is 3.76. The highest BCUT2D eigenvalue weighted by molar-refractivity contribution is 8.00. The van der Waals surface area contributed by atoms with E-state index >= 15 is 0 Å². The van der Waals surface area contributed by atoms with Crippen molar-refractivity contribution in [3.8, 4) is 6.07 Å². The highest BCUT2D eigenvalue weighted by atomic mass is 32.2. The molecule has 13 nitrogen and oxygen atoms in total. The molecule has 1 amide bonds. The number of ether oxygens (including phenoxy) is 2. The summed E-state index contributed by atoms with van der Waals surface area (Å²) in [5.41, 5.74) is 16.2. The number of carbonyl (C=O) groups is 1. The van der Waals surface area contributed by atoms with Crippen LogP contribution in [-0.2, 0) is 14.3 Å². The normalized spacial score (nSPS) is 45.6. The van der Waals surface area contributed by atoms with E-state index in [1.807, 2.05) is 0 Å². The van der Waals surface area contributed by atoms with Gasteiger partial charge in [-0.25, -0.2) is 21.7 Å². The quantitative estimate of drug-likeness (QED) is 0.222. The summed E-state index contributed by atoms with van der Waals surface area (Å²) in [5, 5.41) is 13.9. The van der Waals surface area contributed by atoms with Crippen LogP contribution in [0.1, 0.15) is 137 Å². The number of hydrogen-bond donors (Lipinski definition) is 5. The molecule has 0 aromatic rings. The van der Waals surface area contributed by atoms with E-state index < -0.39 is 0 Å². The van der Waals surface area contributed by atoms with Gasteiger partial charge < -0.3 is 14.8 Å². The SMILES string of the molecule is COC1CC(OC2CCC(NC(=O)C3CCC(N4CCC5(CCCN(C6CCC(C7=N[C@@H](C)C8NNC(C)N8C8SC(C)C(C)C78)CC6)C5)CC4)NN3)CC2)CCC1C#N. The van der Waals surface area contributed by atoms with E-state index in [0.717, 1.165) is 76.9 Å². The zero-order valence-corrected chi connectivity index (χ0v) is 38.3. The molecule has 0 aromatic heterocycles. The van der Waals surface area contributed by atoms with Crippen LogP contribution in [0, 0.1) is 40.4 Å². The number of nitrogens with zero attached hydrogens (tertiary/aromatic N) is 5. The zero-order valence-electron chi connectivity index (χ0n) is 37.5. The maximum atomic E-state index is 13.4. The van der Waals surface area contributed by atoms with Crippen molar-refractivity contribution in [3.05, 3.63) is 0 Å². The van der Waals surface area contributed by atoms with E-state index in [-0.39, 0.29) is 54.4 Å². The molecule has 11 unspecified atom stereocenters. The lowest BCUT2D eigenvalue weighted by atomic mass is 9.70. The summed E-state index contributed by atoms with van der Waals surface area (Å²) in [5.74, 6) is 1.95. The Morgan fingerprint density at radius 1 is 0.867 bits per heavy atom. The molecule has 9 rings (SSSR count). The number of fused-ring (bicyclic) bond motifs is 3. The van der Waals surface area contributed by atoms with Crippen LogP contribution in [0.4, 0.5) is 0 Å². The maximum Gasteiger partial charge on any atom is 0.238 e. The van der Waals surface area contributed by atoms with Gasteiger partial charge in [-0.05, 0) is 140 Å². The van der Waals surface area contributed by atoms with Crippen LogP contribution in [0.5, 0.6) is 0 Å². The predicted molar refractivity (Wildman–Crippen MR) is 237 cm³/mol. The lowest BCUT2D eigenvalue weighted by Crippen LogP contribution is -2.64. The van der Waals surface area contributed by atoms with Crippen molar-refractivity contribution >= 4 is 23.4 Å². The monoisotopic (exact) mass is 851 g/mol. The molecule has 5 saturated heterocycles. The van der Waals surface area contributed by atoms with E-state index in [9.17, 15) is 10.1 Å². The minimum Gasteiger partial charge on any atom is -0.380 e. The third-order valence-electron chi connectivity index (χ3n) is 17.3. The molecule has 14 heteroatoms. The standard InChI is InChI=1S/C46H78N10O3S/c1-28-30(3)60-45-41(28)42(48-29(2)43-53-50-31(4)56(43)45)32-7-12-35(13-8-32)55-22-6-19-46(27-55)20-23-54(24-21-46)40-18-17-38(51-52-40)44(57)49-34-10-15-36(16-11-34)59-37-14-9-33(26-47)39(25-37)58-5/h28-41,43,45,50-53H,6-25,27H2,1-5H3,(H,49,57)/t28?,29-,30?,31?,32?,33?,34?,35?,36?,37?,38?,39?,40?,41?,43?,45?/m0/s1. The molecule has 3 aliphatic carbocycles. The molecule has 6 heterocycles. The molecule has 60 heavy (non-hydrogen) atoms. The number of likely N-dealkylation sites (tertiary alicyclic amines) is 2. The number of rotatable bonds is 8. The Balaban J connectivity index is 0.695. The van der Waals surface area contributed by atoms with Gasteiger partial charge in [0.1, 0.15) is 6.04 Å². The van der Waals surface area contributed by atoms with E-state index in [0.29, 0.717) is 46.1 Å². The Morgan fingerprint density at radius 3 is 2.35 bits per heavy atom. The molecule has 1 spiro atoms. The van der Waals surface area contributed by atoms with Gasteiger partial charge in [0.15, 0.2) is 0 Å². The Kier molecular flexibility index (Phi) is 13.9. The molecule has 6 aliphatic heterocycles. The first-order chi connectivity index (χ1) is 29.1. The van der Waals surface area contributed by atoms with Crippen molar-refractivity contribution in [2.45, 2.75) is 208 Å². The van der Waals surface area contributed by atoms with Crippen molar-refractivity contribution in [1.82, 2.24) is 41.7 Å². The number of methoxy groups -OCH3 is 1. The molecule has 12 atom stereocenters. The van der Waals surface area contributed by atoms with Crippen molar-refractivity contribution in [3.63, 3.8) is 0 Å². The lowest BCUT2D eigenvalue weighted by molar-refractivity contribution is -0.126. The van der Waals surface area contributed by atoms with Crippen molar-refractivity contribution in [2.24, 2.45) is 34.1 Å². The molecule has 3 saturated carbocycles. The molecule has 9 aliphatic rings. The largest absolute Gasteiger partial charge is 0.380 e. The van der Waals surface area contributed by atoms with Gasteiger partial charge in [0.2, 0.25) is 5.91 Å². The van der Waals surface area contributed by atoms with Crippen LogP contribution >= 0.6 is 11.8 Å². The van der Waals surface area contributed by atoms with Gasteiger partial charge in [-0.3, -0.25) is 24.5 Å². The molecule has 5 N–H and O–H groups in total. The summed E-state index contributed by atoms with van der Waals surface area (Å²) in [4.78, 5) is 27.3. The highest BCUT2D eigenvalue weighted by Crippen LogP contribution is 2.51. The topological polar surface area (TPSA) is 142 Å². The summed E-state index contributed by atoms with van der Waals surface area (Å²) in [6.45, 7) is 14.4. The fourth-order valence-corrected chi connectivity index (χ4v) is 15.3. The van der Waals surface area contributed by atoms with Crippen molar-refractivity contribution in [2.75, 3.05) is 33.3 Å². The third-order valence-corrected chi connectivity index (χ3v) is 19.0. The van der Waals surface area contributed by atoms with Gasteiger partial charge in [-0.15, -0.1) is 11.8 Å². The Labute approximate surface area is 365 Å². The first-order valence-electron chi connectivity index (χ1n) is 24.5. The maximum absolute atomic E-state index is 13.4. The Bertz CT molecular complexity index is 1530. The van der Waals surface area contributed by atoms with E-state index in [2.05, 4.69) is 87.2 Å². The number of hydrazine groups is 2. The molecular formula is C46H78N10O3S. The van der Waals surface area contributed by atoms with Crippen LogP contribution in [0.15, 0.2) is 4.99 Å². The number of aliphatic imine (C=N–C) groups is 1. The van der Waals surface area contributed by atoms with Gasteiger partial charge in [0, 0.05) is 62.1 Å². The second kappa shape index (κ2) is 19.0.